The number of carbonyl (C=O) groups excluding carboxylic acids is 2. The smallest absolute Gasteiger partial charge is 0.314 e. The number of esters is 1. The number of carbonyl (C=O) groups is 2. The van der Waals surface area contributed by atoms with E-state index in [-0.39, 0.29) is 23.8 Å². The zero-order valence-electron chi connectivity index (χ0n) is 14.1. The molecule has 1 aliphatic carbocycles. The number of hydrogen-bond acceptors (Lipinski definition) is 3. The first-order valence-corrected chi connectivity index (χ1v) is 8.67. The molecule has 1 amide bonds. The topological polar surface area (TPSA) is 55.4 Å². The predicted molar refractivity (Wildman–Crippen MR) is 90.0 cm³/mol. The van der Waals surface area contributed by atoms with Gasteiger partial charge in [-0.05, 0) is 31.7 Å². The zero-order chi connectivity index (χ0) is 16.7. The van der Waals surface area contributed by atoms with Crippen molar-refractivity contribution in [2.24, 2.45) is 0 Å². The molecule has 0 bridgehead atoms. The first-order valence-electron chi connectivity index (χ1n) is 8.67. The zero-order valence-corrected chi connectivity index (χ0v) is 14.1. The average molecular weight is 317 g/mol. The Bertz CT molecular complexity index is 509. The van der Waals surface area contributed by atoms with Crippen LogP contribution in [-0.4, -0.2) is 24.0 Å². The van der Waals surface area contributed by atoms with Gasteiger partial charge in [0, 0.05) is 6.04 Å². The van der Waals surface area contributed by atoms with Crippen molar-refractivity contribution < 1.29 is 14.3 Å². The van der Waals surface area contributed by atoms with Gasteiger partial charge in [-0.25, -0.2) is 0 Å². The fourth-order valence-electron chi connectivity index (χ4n) is 3.10. The number of hydrogen-bond donors (Lipinski definition) is 1. The van der Waals surface area contributed by atoms with Gasteiger partial charge in [0.15, 0.2) is 6.10 Å². The molecule has 1 saturated carbocycles. The second-order valence-corrected chi connectivity index (χ2v) is 6.29. The van der Waals surface area contributed by atoms with Crippen molar-refractivity contribution in [1.82, 2.24) is 5.32 Å². The Labute approximate surface area is 138 Å². The molecule has 0 saturated heterocycles. The summed E-state index contributed by atoms with van der Waals surface area (Å²) in [5, 5.41) is 3.00. The summed E-state index contributed by atoms with van der Waals surface area (Å²) in [6, 6.07) is 9.80. The summed E-state index contributed by atoms with van der Waals surface area (Å²) in [6.07, 6.45) is 5.51. The van der Waals surface area contributed by atoms with E-state index in [4.69, 9.17) is 4.74 Å². The largest absolute Gasteiger partial charge is 0.452 e. The molecule has 126 valence electrons. The lowest BCUT2D eigenvalue weighted by Gasteiger charge is -2.25. The summed E-state index contributed by atoms with van der Waals surface area (Å²) in [7, 11) is 0. The maximum atomic E-state index is 12.4. The second-order valence-electron chi connectivity index (χ2n) is 6.29. The summed E-state index contributed by atoms with van der Waals surface area (Å²) >= 11 is 0. The number of ether oxygens (including phenoxy) is 1. The van der Waals surface area contributed by atoms with Crippen LogP contribution in [0.5, 0.6) is 0 Å². The normalized spacial score (nSPS) is 18.0. The molecule has 2 rings (SSSR count). The highest BCUT2D eigenvalue weighted by atomic mass is 16.5. The van der Waals surface area contributed by atoms with E-state index in [9.17, 15) is 9.59 Å². The van der Waals surface area contributed by atoms with E-state index in [1.54, 1.807) is 6.92 Å². The maximum Gasteiger partial charge on any atom is 0.314 e. The van der Waals surface area contributed by atoms with E-state index in [2.05, 4.69) is 5.32 Å². The van der Waals surface area contributed by atoms with Crippen molar-refractivity contribution in [3.63, 3.8) is 0 Å². The summed E-state index contributed by atoms with van der Waals surface area (Å²) < 4.78 is 5.41. The molecular weight excluding hydrogens is 290 g/mol. The molecule has 23 heavy (non-hydrogen) atoms. The summed E-state index contributed by atoms with van der Waals surface area (Å²) in [5.41, 5.74) is 0.930. The van der Waals surface area contributed by atoms with Crippen LogP contribution in [0.25, 0.3) is 0 Å². The van der Waals surface area contributed by atoms with Crippen LogP contribution in [0.3, 0.4) is 0 Å². The molecule has 0 radical (unpaired) electrons. The molecule has 1 aromatic carbocycles. The molecule has 0 aliphatic heterocycles. The molecule has 0 heterocycles. The molecule has 1 aliphatic rings. The molecule has 0 aromatic heterocycles. The number of nitrogens with one attached hydrogen (secondary N) is 1. The highest BCUT2D eigenvalue weighted by molar-refractivity contribution is 5.85. The van der Waals surface area contributed by atoms with E-state index in [0.29, 0.717) is 6.42 Å². The van der Waals surface area contributed by atoms with Gasteiger partial charge in [0.1, 0.15) is 0 Å². The van der Waals surface area contributed by atoms with Crippen molar-refractivity contribution in [2.75, 3.05) is 0 Å². The maximum absolute atomic E-state index is 12.4. The first-order chi connectivity index (χ1) is 11.1. The Balaban J connectivity index is 1.88. The molecule has 4 heteroatoms. The third-order valence-corrected chi connectivity index (χ3v) is 4.51. The average Bonchev–Trinajstić information content (AvgIpc) is 2.57. The number of rotatable bonds is 6. The van der Waals surface area contributed by atoms with E-state index >= 15 is 0 Å². The highest BCUT2D eigenvalue weighted by Crippen LogP contribution is 2.22. The Hall–Kier alpha value is -1.84. The third-order valence-electron chi connectivity index (χ3n) is 4.51. The molecule has 1 N–H and O–H groups in total. The Morgan fingerprint density at radius 1 is 1.17 bits per heavy atom. The summed E-state index contributed by atoms with van der Waals surface area (Å²) in [5.74, 6) is -0.834. The fraction of sp³-hybridized carbons (Fsp3) is 0.579. The van der Waals surface area contributed by atoms with E-state index in [1.165, 1.54) is 6.42 Å². The second kappa shape index (κ2) is 8.70. The van der Waals surface area contributed by atoms with Gasteiger partial charge in [-0.2, -0.15) is 0 Å². The van der Waals surface area contributed by atoms with Crippen LogP contribution in [0.4, 0.5) is 0 Å². The van der Waals surface area contributed by atoms with Crippen LogP contribution >= 0.6 is 0 Å². The van der Waals surface area contributed by atoms with Crippen LogP contribution in [0.1, 0.15) is 63.9 Å². The van der Waals surface area contributed by atoms with Crippen LogP contribution in [0, 0.1) is 0 Å². The van der Waals surface area contributed by atoms with E-state index in [1.807, 2.05) is 37.3 Å². The minimum atomic E-state index is -0.748. The lowest BCUT2D eigenvalue weighted by atomic mass is 9.95. The fourth-order valence-corrected chi connectivity index (χ4v) is 3.10. The van der Waals surface area contributed by atoms with Crippen LogP contribution in [0.15, 0.2) is 30.3 Å². The van der Waals surface area contributed by atoms with Crippen molar-refractivity contribution in [3.8, 4) is 0 Å². The van der Waals surface area contributed by atoms with Crippen LogP contribution in [-0.2, 0) is 14.3 Å². The van der Waals surface area contributed by atoms with Gasteiger partial charge in [-0.15, -0.1) is 0 Å². The highest BCUT2D eigenvalue weighted by Gasteiger charge is 2.26. The first kappa shape index (κ1) is 17.5. The molecule has 2 unspecified atom stereocenters. The Morgan fingerprint density at radius 2 is 1.83 bits per heavy atom. The van der Waals surface area contributed by atoms with Crippen LogP contribution < -0.4 is 5.32 Å². The third kappa shape index (κ3) is 5.08. The predicted octanol–water partition coefficient (Wildman–Crippen LogP) is 3.56. The van der Waals surface area contributed by atoms with E-state index in [0.717, 1.165) is 31.2 Å². The van der Waals surface area contributed by atoms with Crippen molar-refractivity contribution in [1.29, 1.82) is 0 Å². The minimum absolute atomic E-state index is 0.187. The molecule has 4 nitrogen and oxygen atoms in total. The monoisotopic (exact) mass is 317 g/mol. The summed E-state index contributed by atoms with van der Waals surface area (Å²) in [4.78, 5) is 24.6. The Kier molecular flexibility index (Phi) is 6.63. The molecule has 0 spiro atoms. The SMILES string of the molecule is CCC(C(=O)OC(C)C(=O)NC1CCCCC1)c1ccccc1. The van der Waals surface area contributed by atoms with Gasteiger partial charge >= 0.3 is 5.97 Å². The van der Waals surface area contributed by atoms with Gasteiger partial charge in [-0.1, -0.05) is 56.5 Å². The number of benzene rings is 1. The van der Waals surface area contributed by atoms with E-state index < -0.39 is 6.10 Å². The van der Waals surface area contributed by atoms with Gasteiger partial charge < -0.3 is 10.1 Å². The van der Waals surface area contributed by atoms with Crippen molar-refractivity contribution >= 4 is 11.9 Å². The molecule has 1 aromatic rings. The standard InChI is InChI=1S/C19H27NO3/c1-3-17(15-10-6-4-7-11-15)19(22)23-14(2)18(21)20-16-12-8-5-9-13-16/h4,6-7,10-11,14,16-17H,3,5,8-9,12-13H2,1-2H3,(H,20,21). The van der Waals surface area contributed by atoms with Crippen molar-refractivity contribution in [2.45, 2.75) is 70.4 Å². The molecule has 1 fully saturated rings. The number of amides is 1. The lowest BCUT2D eigenvalue weighted by Crippen LogP contribution is -2.43. The lowest BCUT2D eigenvalue weighted by molar-refractivity contribution is -0.156. The van der Waals surface area contributed by atoms with Gasteiger partial charge in [0.2, 0.25) is 0 Å². The molecular formula is C19H27NO3. The van der Waals surface area contributed by atoms with Crippen molar-refractivity contribution in [3.05, 3.63) is 35.9 Å². The van der Waals surface area contributed by atoms with Gasteiger partial charge in [0.05, 0.1) is 5.92 Å². The Morgan fingerprint density at radius 3 is 2.43 bits per heavy atom. The summed E-state index contributed by atoms with van der Waals surface area (Å²) in [6.45, 7) is 3.60. The minimum Gasteiger partial charge on any atom is -0.452 e. The van der Waals surface area contributed by atoms with Crippen LogP contribution in [0.2, 0.25) is 0 Å². The quantitative estimate of drug-likeness (QED) is 0.816. The van der Waals surface area contributed by atoms with Gasteiger partial charge in [-0.3, -0.25) is 9.59 Å². The molecule has 2 atom stereocenters. The van der Waals surface area contributed by atoms with Gasteiger partial charge in [0.25, 0.3) is 5.91 Å².